The Bertz CT molecular complexity index is 603. The molecule has 4 nitrogen and oxygen atoms in total. The first-order valence-electron chi connectivity index (χ1n) is 5.36. The van der Waals surface area contributed by atoms with E-state index in [1.807, 2.05) is 0 Å². The quantitative estimate of drug-likeness (QED) is 0.568. The highest BCUT2D eigenvalue weighted by Gasteiger charge is 2.08. The van der Waals surface area contributed by atoms with Gasteiger partial charge in [0.25, 0.3) is 0 Å². The molecule has 0 amide bonds. The second-order valence-electron chi connectivity index (χ2n) is 3.88. The van der Waals surface area contributed by atoms with Crippen LogP contribution in [0.15, 0.2) is 48.5 Å². The number of carboxylic acids is 1. The molecule has 0 saturated heterocycles. The van der Waals surface area contributed by atoms with Gasteiger partial charge in [-0.1, -0.05) is 24.3 Å². The molecule has 18 heavy (non-hydrogen) atoms. The van der Waals surface area contributed by atoms with E-state index in [-0.39, 0.29) is 11.3 Å². The van der Waals surface area contributed by atoms with Gasteiger partial charge in [0.1, 0.15) is 0 Å². The van der Waals surface area contributed by atoms with Crippen LogP contribution in [-0.2, 0) is 0 Å². The van der Waals surface area contributed by atoms with Gasteiger partial charge < -0.3 is 10.8 Å². The Hall–Kier alpha value is -2.62. The maximum absolute atomic E-state index is 10.9. The van der Waals surface area contributed by atoms with E-state index in [0.717, 1.165) is 0 Å². The van der Waals surface area contributed by atoms with Crippen molar-refractivity contribution in [3.63, 3.8) is 0 Å². The lowest BCUT2D eigenvalue weighted by molar-refractivity contribution is 0.0697. The molecule has 0 aromatic heterocycles. The Morgan fingerprint density at radius 3 is 2.22 bits per heavy atom. The fourth-order valence-corrected chi connectivity index (χ4v) is 1.62. The first kappa shape index (κ1) is 11.9. The van der Waals surface area contributed by atoms with Crippen molar-refractivity contribution in [3.05, 3.63) is 65.2 Å². The minimum atomic E-state index is -0.998. The maximum atomic E-state index is 10.9. The molecule has 4 N–H and O–H groups in total. The molecule has 0 bridgehead atoms. The summed E-state index contributed by atoms with van der Waals surface area (Å²) in [6.07, 6.45) is 0. The summed E-state index contributed by atoms with van der Waals surface area (Å²) >= 11 is 0. The second kappa shape index (κ2) is 4.71. The summed E-state index contributed by atoms with van der Waals surface area (Å²) in [6, 6.07) is 13.2. The largest absolute Gasteiger partial charge is 0.478 e. The predicted octanol–water partition coefficient (Wildman–Crippen LogP) is 2.38. The Morgan fingerprint density at radius 2 is 1.61 bits per heavy atom. The molecule has 0 aliphatic rings. The zero-order valence-corrected chi connectivity index (χ0v) is 9.55. The van der Waals surface area contributed by atoms with Crippen LogP contribution in [0.4, 0.5) is 5.69 Å². The molecular weight excluding hydrogens is 228 g/mol. The zero-order chi connectivity index (χ0) is 13.1. The average molecular weight is 240 g/mol. The van der Waals surface area contributed by atoms with Crippen LogP contribution in [-0.4, -0.2) is 16.8 Å². The molecule has 2 rings (SSSR count). The number of benzene rings is 2. The lowest BCUT2D eigenvalue weighted by atomic mass is 10.0. The van der Waals surface area contributed by atoms with Gasteiger partial charge in [-0.15, -0.1) is 0 Å². The molecule has 0 aliphatic heterocycles. The smallest absolute Gasteiger partial charge is 0.335 e. The minimum Gasteiger partial charge on any atom is -0.478 e. The fraction of sp³-hybridized carbons (Fsp3) is 0. The van der Waals surface area contributed by atoms with E-state index in [4.69, 9.17) is 16.2 Å². The molecule has 0 atom stereocenters. The Morgan fingerprint density at radius 1 is 1.00 bits per heavy atom. The number of nitrogens with one attached hydrogen (secondary N) is 1. The van der Waals surface area contributed by atoms with Crippen LogP contribution < -0.4 is 5.73 Å². The number of nitrogens with two attached hydrogens (primary N) is 1. The lowest BCUT2D eigenvalue weighted by Crippen LogP contribution is -2.04. The molecule has 2 aromatic rings. The van der Waals surface area contributed by atoms with Crippen molar-refractivity contribution in [1.82, 2.24) is 0 Å². The summed E-state index contributed by atoms with van der Waals surface area (Å²) in [5.41, 5.74) is 7.93. The SMILES string of the molecule is N=C(c1ccc(N)cc1)c1cccc(C(=O)O)c1. The first-order chi connectivity index (χ1) is 8.58. The molecule has 90 valence electrons. The molecule has 0 radical (unpaired) electrons. The molecule has 4 heteroatoms. The van der Waals surface area contributed by atoms with E-state index in [1.165, 1.54) is 12.1 Å². The van der Waals surface area contributed by atoms with Crippen LogP contribution in [0.1, 0.15) is 21.5 Å². The first-order valence-corrected chi connectivity index (χ1v) is 5.36. The van der Waals surface area contributed by atoms with Gasteiger partial charge in [0.2, 0.25) is 0 Å². The molecular formula is C14H12N2O2. The summed E-state index contributed by atoms with van der Waals surface area (Å²) in [5, 5.41) is 17.0. The number of hydrogen-bond acceptors (Lipinski definition) is 3. The minimum absolute atomic E-state index is 0.174. The Balaban J connectivity index is 2.37. The summed E-state index contributed by atoms with van der Waals surface area (Å²) in [5.74, 6) is -0.998. The van der Waals surface area contributed by atoms with Crippen LogP contribution in [0.2, 0.25) is 0 Å². The molecule has 0 saturated carbocycles. The van der Waals surface area contributed by atoms with Crippen molar-refractivity contribution in [1.29, 1.82) is 5.41 Å². The van der Waals surface area contributed by atoms with Crippen molar-refractivity contribution < 1.29 is 9.90 Å². The van der Waals surface area contributed by atoms with Gasteiger partial charge in [0.05, 0.1) is 11.3 Å². The van der Waals surface area contributed by atoms with Crippen molar-refractivity contribution in [3.8, 4) is 0 Å². The van der Waals surface area contributed by atoms with E-state index in [9.17, 15) is 4.79 Å². The molecule has 2 aromatic carbocycles. The molecule has 0 aliphatic carbocycles. The van der Waals surface area contributed by atoms with E-state index < -0.39 is 5.97 Å². The van der Waals surface area contributed by atoms with Gasteiger partial charge in [-0.25, -0.2) is 4.79 Å². The van der Waals surface area contributed by atoms with E-state index in [2.05, 4.69) is 0 Å². The van der Waals surface area contributed by atoms with Gasteiger partial charge in [-0.2, -0.15) is 0 Å². The molecule has 0 unspecified atom stereocenters. The second-order valence-corrected chi connectivity index (χ2v) is 3.88. The third-order valence-corrected chi connectivity index (χ3v) is 2.60. The predicted molar refractivity (Wildman–Crippen MR) is 70.2 cm³/mol. The zero-order valence-electron chi connectivity index (χ0n) is 9.55. The standard InChI is InChI=1S/C14H12N2O2/c15-12-6-4-9(5-7-12)13(16)10-2-1-3-11(8-10)14(17)18/h1-8,16H,15H2,(H,17,18). The van der Waals surface area contributed by atoms with Crippen LogP contribution in [0, 0.1) is 5.41 Å². The molecule has 0 spiro atoms. The van der Waals surface area contributed by atoms with Crippen LogP contribution in [0.25, 0.3) is 0 Å². The number of rotatable bonds is 3. The highest BCUT2D eigenvalue weighted by atomic mass is 16.4. The van der Waals surface area contributed by atoms with Gasteiger partial charge in [0, 0.05) is 16.8 Å². The Labute approximate surface area is 104 Å². The van der Waals surface area contributed by atoms with Crippen LogP contribution >= 0.6 is 0 Å². The number of carbonyl (C=O) groups is 1. The van der Waals surface area contributed by atoms with Gasteiger partial charge >= 0.3 is 5.97 Å². The van der Waals surface area contributed by atoms with Gasteiger partial charge in [0.15, 0.2) is 0 Å². The summed E-state index contributed by atoms with van der Waals surface area (Å²) < 4.78 is 0. The Kier molecular flexibility index (Phi) is 3.10. The normalized spacial score (nSPS) is 10.0. The van der Waals surface area contributed by atoms with Crippen molar-refractivity contribution >= 4 is 17.4 Å². The van der Waals surface area contributed by atoms with E-state index in [1.54, 1.807) is 36.4 Å². The third-order valence-electron chi connectivity index (χ3n) is 2.60. The van der Waals surface area contributed by atoms with Gasteiger partial charge in [-0.3, -0.25) is 5.41 Å². The van der Waals surface area contributed by atoms with E-state index in [0.29, 0.717) is 16.8 Å². The average Bonchev–Trinajstić information content (AvgIpc) is 2.39. The number of hydrogen-bond donors (Lipinski definition) is 3. The van der Waals surface area contributed by atoms with Crippen LogP contribution in [0.3, 0.4) is 0 Å². The summed E-state index contributed by atoms with van der Waals surface area (Å²) in [7, 11) is 0. The van der Waals surface area contributed by atoms with Crippen molar-refractivity contribution in [2.45, 2.75) is 0 Å². The number of carboxylic acid groups (broad SMARTS) is 1. The van der Waals surface area contributed by atoms with Crippen molar-refractivity contribution in [2.75, 3.05) is 5.73 Å². The summed E-state index contributed by atoms with van der Waals surface area (Å²) in [4.78, 5) is 10.9. The number of nitrogen functional groups attached to an aromatic ring is 1. The van der Waals surface area contributed by atoms with Crippen LogP contribution in [0.5, 0.6) is 0 Å². The maximum Gasteiger partial charge on any atom is 0.335 e. The lowest BCUT2D eigenvalue weighted by Gasteiger charge is -2.05. The molecule has 0 fully saturated rings. The highest BCUT2D eigenvalue weighted by molar-refractivity contribution is 6.11. The van der Waals surface area contributed by atoms with Gasteiger partial charge in [-0.05, 0) is 24.3 Å². The van der Waals surface area contributed by atoms with Crippen molar-refractivity contribution in [2.24, 2.45) is 0 Å². The number of aromatic carboxylic acids is 1. The number of anilines is 1. The fourth-order valence-electron chi connectivity index (χ4n) is 1.62. The molecule has 0 heterocycles. The topological polar surface area (TPSA) is 87.2 Å². The summed E-state index contributed by atoms with van der Waals surface area (Å²) in [6.45, 7) is 0. The third kappa shape index (κ3) is 2.38. The monoisotopic (exact) mass is 240 g/mol. The highest BCUT2D eigenvalue weighted by Crippen LogP contribution is 2.13. The van der Waals surface area contributed by atoms with E-state index >= 15 is 0 Å².